The van der Waals surface area contributed by atoms with E-state index in [0.29, 0.717) is 19.7 Å². The van der Waals surface area contributed by atoms with E-state index in [0.717, 1.165) is 17.7 Å². The Morgan fingerprint density at radius 2 is 2.30 bits per heavy atom. The molecule has 2 unspecified atom stereocenters. The molecule has 1 amide bonds. The van der Waals surface area contributed by atoms with Crippen molar-refractivity contribution in [2.24, 2.45) is 5.73 Å². The smallest absolute Gasteiger partial charge is 0.264 e. The maximum absolute atomic E-state index is 12.6. The Labute approximate surface area is 123 Å². The maximum atomic E-state index is 12.6. The third-order valence-electron chi connectivity index (χ3n) is 4.17. The summed E-state index contributed by atoms with van der Waals surface area (Å²) >= 11 is 1.68. The van der Waals surface area contributed by atoms with E-state index < -0.39 is 0 Å². The van der Waals surface area contributed by atoms with Crippen molar-refractivity contribution in [3.8, 4) is 0 Å². The highest BCUT2D eigenvalue weighted by atomic mass is 32.1. The maximum Gasteiger partial charge on any atom is 0.264 e. The molecule has 110 valence electrons. The molecule has 1 aromatic heterocycles. The van der Waals surface area contributed by atoms with Crippen LogP contribution in [0.15, 0.2) is 6.07 Å². The SMILES string of the molecule is CC(N)C1CN(C(=O)c2cc3c(s2)CCCC3)CCO1. The predicted molar refractivity (Wildman–Crippen MR) is 80.3 cm³/mol. The average Bonchev–Trinajstić information content (AvgIpc) is 2.90. The molecule has 3 rings (SSSR count). The summed E-state index contributed by atoms with van der Waals surface area (Å²) < 4.78 is 5.62. The zero-order valence-electron chi connectivity index (χ0n) is 11.9. The van der Waals surface area contributed by atoms with Crippen molar-refractivity contribution in [2.75, 3.05) is 19.7 Å². The van der Waals surface area contributed by atoms with Gasteiger partial charge in [-0.2, -0.15) is 0 Å². The lowest BCUT2D eigenvalue weighted by Crippen LogP contribution is -2.51. The first kappa shape index (κ1) is 14.0. The van der Waals surface area contributed by atoms with E-state index in [1.165, 1.54) is 23.3 Å². The molecule has 0 spiro atoms. The number of carbonyl (C=O) groups excluding carboxylic acids is 1. The van der Waals surface area contributed by atoms with Gasteiger partial charge in [0.25, 0.3) is 5.91 Å². The van der Waals surface area contributed by atoms with Crippen LogP contribution in [0.4, 0.5) is 0 Å². The number of amides is 1. The number of hydrogen-bond acceptors (Lipinski definition) is 4. The lowest BCUT2D eigenvalue weighted by atomic mass is 9.99. The Morgan fingerprint density at radius 1 is 1.50 bits per heavy atom. The van der Waals surface area contributed by atoms with Gasteiger partial charge in [-0.25, -0.2) is 0 Å². The minimum atomic E-state index is -0.0397. The number of rotatable bonds is 2. The number of hydrogen-bond donors (Lipinski definition) is 1. The summed E-state index contributed by atoms with van der Waals surface area (Å²) in [6.07, 6.45) is 4.73. The standard InChI is InChI=1S/C15H22N2O2S/c1-10(16)12-9-17(6-7-19-12)15(18)14-8-11-4-2-3-5-13(11)20-14/h8,10,12H,2-7,9,16H2,1H3. The number of morpholine rings is 1. The zero-order chi connectivity index (χ0) is 14.1. The first-order chi connectivity index (χ1) is 9.65. The molecule has 1 fully saturated rings. The van der Waals surface area contributed by atoms with E-state index in [1.807, 2.05) is 11.8 Å². The van der Waals surface area contributed by atoms with Crippen LogP contribution in [0.25, 0.3) is 0 Å². The molecule has 0 radical (unpaired) electrons. The van der Waals surface area contributed by atoms with E-state index in [9.17, 15) is 4.79 Å². The first-order valence-corrected chi connectivity index (χ1v) is 8.25. The summed E-state index contributed by atoms with van der Waals surface area (Å²) in [5.41, 5.74) is 7.28. The molecule has 20 heavy (non-hydrogen) atoms. The summed E-state index contributed by atoms with van der Waals surface area (Å²) in [7, 11) is 0. The molecule has 0 aromatic carbocycles. The molecule has 5 heteroatoms. The van der Waals surface area contributed by atoms with Crippen LogP contribution in [0.5, 0.6) is 0 Å². The number of nitrogens with two attached hydrogens (primary N) is 1. The Kier molecular flexibility index (Phi) is 4.10. The van der Waals surface area contributed by atoms with Crippen molar-refractivity contribution in [1.82, 2.24) is 4.90 Å². The first-order valence-electron chi connectivity index (χ1n) is 7.43. The molecule has 1 aliphatic heterocycles. The fourth-order valence-corrected chi connectivity index (χ4v) is 4.15. The number of fused-ring (bicyclic) bond motifs is 1. The van der Waals surface area contributed by atoms with Crippen LogP contribution in [0.3, 0.4) is 0 Å². The summed E-state index contributed by atoms with van der Waals surface area (Å²) in [4.78, 5) is 16.8. The number of thiophene rings is 1. The third kappa shape index (κ3) is 2.75. The number of carbonyl (C=O) groups is 1. The molecule has 2 atom stereocenters. The molecular formula is C15H22N2O2S. The van der Waals surface area contributed by atoms with Gasteiger partial charge in [-0.1, -0.05) is 0 Å². The Bertz CT molecular complexity index is 475. The van der Waals surface area contributed by atoms with Crippen molar-refractivity contribution >= 4 is 17.2 Å². The summed E-state index contributed by atoms with van der Waals surface area (Å²) in [5, 5.41) is 0. The van der Waals surface area contributed by atoms with Gasteiger partial charge >= 0.3 is 0 Å². The van der Waals surface area contributed by atoms with Crippen molar-refractivity contribution in [1.29, 1.82) is 0 Å². The lowest BCUT2D eigenvalue weighted by molar-refractivity contribution is -0.0298. The Hall–Kier alpha value is -0.910. The van der Waals surface area contributed by atoms with Crippen molar-refractivity contribution in [3.05, 3.63) is 21.4 Å². The van der Waals surface area contributed by atoms with Crippen LogP contribution >= 0.6 is 11.3 Å². The topological polar surface area (TPSA) is 55.6 Å². The number of ether oxygens (including phenoxy) is 1. The van der Waals surface area contributed by atoms with E-state index in [2.05, 4.69) is 6.07 Å². The van der Waals surface area contributed by atoms with Gasteiger partial charge in [0.2, 0.25) is 0 Å². The minimum absolute atomic E-state index is 0.0395. The molecule has 2 aliphatic rings. The van der Waals surface area contributed by atoms with E-state index in [-0.39, 0.29) is 18.1 Å². The van der Waals surface area contributed by atoms with Crippen molar-refractivity contribution in [3.63, 3.8) is 0 Å². The second-order valence-corrected chi connectivity index (χ2v) is 6.92. The highest BCUT2D eigenvalue weighted by molar-refractivity contribution is 7.14. The molecule has 2 N–H and O–H groups in total. The van der Waals surface area contributed by atoms with Crippen molar-refractivity contribution < 1.29 is 9.53 Å². The van der Waals surface area contributed by atoms with E-state index in [1.54, 1.807) is 11.3 Å². The normalized spacial score (nSPS) is 24.3. The van der Waals surface area contributed by atoms with Crippen LogP contribution in [0.2, 0.25) is 0 Å². The highest BCUT2D eigenvalue weighted by Gasteiger charge is 2.28. The molecule has 1 saturated heterocycles. The van der Waals surface area contributed by atoms with Crippen LogP contribution in [0, 0.1) is 0 Å². The molecule has 1 aliphatic carbocycles. The number of nitrogens with zero attached hydrogens (tertiary/aromatic N) is 1. The molecule has 0 saturated carbocycles. The molecule has 0 bridgehead atoms. The van der Waals surface area contributed by atoms with Crippen LogP contribution in [-0.2, 0) is 17.6 Å². The van der Waals surface area contributed by atoms with Gasteiger partial charge in [0.15, 0.2) is 0 Å². The van der Waals surface area contributed by atoms with Crippen molar-refractivity contribution in [2.45, 2.75) is 44.8 Å². The average molecular weight is 294 g/mol. The molecule has 4 nitrogen and oxygen atoms in total. The fourth-order valence-electron chi connectivity index (χ4n) is 2.93. The van der Waals surface area contributed by atoms with Gasteiger partial charge in [0, 0.05) is 24.0 Å². The zero-order valence-corrected chi connectivity index (χ0v) is 12.7. The highest BCUT2D eigenvalue weighted by Crippen LogP contribution is 2.30. The number of aryl methyl sites for hydroxylation is 2. The van der Waals surface area contributed by atoms with Crippen LogP contribution in [-0.4, -0.2) is 42.6 Å². The van der Waals surface area contributed by atoms with Gasteiger partial charge in [0.05, 0.1) is 17.6 Å². The summed E-state index contributed by atoms with van der Waals surface area (Å²) in [6.45, 7) is 3.80. The van der Waals surface area contributed by atoms with E-state index in [4.69, 9.17) is 10.5 Å². The lowest BCUT2D eigenvalue weighted by Gasteiger charge is -2.34. The predicted octanol–water partition coefficient (Wildman–Crippen LogP) is 1.82. The van der Waals surface area contributed by atoms with Gasteiger partial charge in [0.1, 0.15) is 0 Å². The largest absolute Gasteiger partial charge is 0.373 e. The Morgan fingerprint density at radius 3 is 3.05 bits per heavy atom. The third-order valence-corrected chi connectivity index (χ3v) is 5.40. The monoisotopic (exact) mass is 294 g/mol. The Balaban J connectivity index is 1.73. The summed E-state index contributed by atoms with van der Waals surface area (Å²) in [5.74, 6) is 0.151. The second-order valence-electron chi connectivity index (χ2n) is 5.79. The minimum Gasteiger partial charge on any atom is -0.373 e. The molecule has 2 heterocycles. The van der Waals surface area contributed by atoms with Crippen LogP contribution in [0.1, 0.15) is 39.9 Å². The summed E-state index contributed by atoms with van der Waals surface area (Å²) in [6, 6.07) is 2.07. The second kappa shape index (κ2) is 5.84. The van der Waals surface area contributed by atoms with Gasteiger partial charge < -0.3 is 15.4 Å². The molecular weight excluding hydrogens is 272 g/mol. The van der Waals surface area contributed by atoms with E-state index >= 15 is 0 Å². The van der Waals surface area contributed by atoms with Gasteiger partial charge in [-0.3, -0.25) is 4.79 Å². The van der Waals surface area contributed by atoms with Crippen LogP contribution < -0.4 is 5.73 Å². The molecule has 1 aromatic rings. The van der Waals surface area contributed by atoms with Gasteiger partial charge in [-0.05, 0) is 44.2 Å². The fraction of sp³-hybridized carbons (Fsp3) is 0.667. The quantitative estimate of drug-likeness (QED) is 0.905. The van der Waals surface area contributed by atoms with Gasteiger partial charge in [-0.15, -0.1) is 11.3 Å².